The summed E-state index contributed by atoms with van der Waals surface area (Å²) in [5, 5.41) is 0. The molecule has 1 saturated carbocycles. The number of benzene rings is 2. The lowest BCUT2D eigenvalue weighted by Gasteiger charge is -2.08. The first-order valence-electron chi connectivity index (χ1n) is 6.86. The average molecular weight is 235 g/mol. The molecule has 1 aliphatic rings. The molecule has 0 saturated heterocycles. The third-order valence-corrected chi connectivity index (χ3v) is 3.75. The molecule has 0 amide bonds. The van der Waals surface area contributed by atoms with Gasteiger partial charge in [0.2, 0.25) is 0 Å². The summed E-state index contributed by atoms with van der Waals surface area (Å²) in [7, 11) is 0. The van der Waals surface area contributed by atoms with E-state index in [1.807, 2.05) is 0 Å². The summed E-state index contributed by atoms with van der Waals surface area (Å²) in [6, 6.07) is 18.9. The van der Waals surface area contributed by atoms with Crippen molar-refractivity contribution in [2.45, 2.75) is 38.5 Å². The Kier molecular flexibility index (Phi) is 2.95. The minimum absolute atomic E-state index is 0.602. The summed E-state index contributed by atoms with van der Waals surface area (Å²) in [4.78, 5) is 0. The van der Waals surface area contributed by atoms with E-state index in [1.54, 1.807) is 0 Å². The fourth-order valence-corrected chi connectivity index (χ4v) is 2.36. The zero-order valence-electron chi connectivity index (χ0n) is 11.1. The topological polar surface area (TPSA) is 0 Å². The molecule has 1 aliphatic carbocycles. The minimum Gasteiger partial charge on any atom is -0.0587 e. The average Bonchev–Trinajstić information content (AvgIpc) is 3.23. The summed E-state index contributed by atoms with van der Waals surface area (Å²) in [6.07, 6.45) is 2.68. The van der Waals surface area contributed by atoms with E-state index >= 15 is 0 Å². The lowest BCUT2D eigenvalue weighted by molar-refractivity contribution is 0.867. The van der Waals surface area contributed by atoms with Crippen molar-refractivity contribution in [2.75, 3.05) is 0 Å². The summed E-state index contributed by atoms with van der Waals surface area (Å²) in [5.41, 5.74) is 5.44. The molecule has 0 spiro atoms. The molecule has 91 valence electrons. The van der Waals surface area contributed by atoms with Crippen molar-refractivity contribution in [1.82, 2.24) is 0 Å². The Morgan fingerprint density at radius 2 is 1.72 bits per heavy atom. The van der Waals surface area contributed by atoms with Gasteiger partial charge in [0.25, 0.3) is 0 Å². The second kappa shape index (κ2) is 4.61. The molecule has 0 nitrogen and oxygen atoms in total. The second-order valence-electron chi connectivity index (χ2n) is 5.58. The number of rotatable bonds is 3. The van der Waals surface area contributed by atoms with Crippen LogP contribution in [0.4, 0.5) is 0 Å². The van der Waals surface area contributed by atoms with Gasteiger partial charge in [-0.1, -0.05) is 56.3 Å². The van der Waals surface area contributed by atoms with Crippen molar-refractivity contribution < 1.29 is 0 Å². The molecule has 0 bridgehead atoms. The van der Waals surface area contributed by atoms with Crippen molar-refractivity contribution in [3.63, 3.8) is 0 Å². The minimum atomic E-state index is 0.602. The van der Waals surface area contributed by atoms with E-state index in [0.717, 1.165) is 5.92 Å². The van der Waals surface area contributed by atoms with E-state index in [4.69, 9.17) is 0 Å². The normalized spacial score (nSPS) is 15.1. The van der Waals surface area contributed by atoms with Gasteiger partial charge in [-0.05, 0) is 53.0 Å². The predicted molar refractivity (Wildman–Crippen MR) is 76.8 cm³/mol. The third-order valence-electron chi connectivity index (χ3n) is 3.75. The van der Waals surface area contributed by atoms with Crippen LogP contribution in [0.3, 0.4) is 0 Å². The molecule has 1 radical (unpaired) electrons. The van der Waals surface area contributed by atoms with Crippen LogP contribution in [0.1, 0.15) is 49.7 Å². The molecule has 0 heteroatoms. The van der Waals surface area contributed by atoms with E-state index < -0.39 is 0 Å². The highest BCUT2D eigenvalue weighted by atomic mass is 14.3. The summed E-state index contributed by atoms with van der Waals surface area (Å²) >= 11 is 0. The van der Waals surface area contributed by atoms with Gasteiger partial charge in [-0.2, -0.15) is 0 Å². The first-order valence-corrected chi connectivity index (χ1v) is 6.86. The quantitative estimate of drug-likeness (QED) is 0.689. The fourth-order valence-electron chi connectivity index (χ4n) is 2.36. The summed E-state index contributed by atoms with van der Waals surface area (Å²) in [6.45, 7) is 4.47. The van der Waals surface area contributed by atoms with Crippen LogP contribution in [0.5, 0.6) is 0 Å². The van der Waals surface area contributed by atoms with Crippen LogP contribution in [0.25, 0.3) is 11.1 Å². The largest absolute Gasteiger partial charge is 0.0587 e. The molecule has 2 aromatic carbocycles. The highest BCUT2D eigenvalue weighted by molar-refractivity contribution is 5.64. The molecule has 1 fully saturated rings. The van der Waals surface area contributed by atoms with E-state index in [9.17, 15) is 0 Å². The van der Waals surface area contributed by atoms with Gasteiger partial charge in [0.15, 0.2) is 0 Å². The lowest BCUT2D eigenvalue weighted by Crippen LogP contribution is -1.87. The predicted octanol–water partition coefficient (Wildman–Crippen LogP) is 5.15. The van der Waals surface area contributed by atoms with E-state index in [2.05, 4.69) is 62.4 Å². The van der Waals surface area contributed by atoms with Crippen LogP contribution < -0.4 is 0 Å². The Bertz CT molecular complexity index is 530. The molecular weight excluding hydrogens is 216 g/mol. The van der Waals surface area contributed by atoms with Crippen molar-refractivity contribution in [1.29, 1.82) is 0 Å². The van der Waals surface area contributed by atoms with E-state index in [1.165, 1.54) is 35.1 Å². The molecule has 0 heterocycles. The van der Waals surface area contributed by atoms with E-state index in [0.29, 0.717) is 5.92 Å². The summed E-state index contributed by atoms with van der Waals surface area (Å²) in [5.74, 6) is 1.38. The Balaban J connectivity index is 1.91. The molecule has 0 aromatic heterocycles. The first-order chi connectivity index (χ1) is 8.74. The van der Waals surface area contributed by atoms with Gasteiger partial charge in [-0.25, -0.2) is 0 Å². The van der Waals surface area contributed by atoms with Crippen molar-refractivity contribution in [2.24, 2.45) is 0 Å². The van der Waals surface area contributed by atoms with Gasteiger partial charge >= 0.3 is 0 Å². The maximum Gasteiger partial charge on any atom is -0.0146 e. The monoisotopic (exact) mass is 235 g/mol. The highest BCUT2D eigenvalue weighted by Crippen LogP contribution is 2.40. The zero-order chi connectivity index (χ0) is 12.5. The van der Waals surface area contributed by atoms with Crippen LogP contribution in [-0.2, 0) is 0 Å². The molecule has 3 rings (SSSR count). The van der Waals surface area contributed by atoms with Crippen molar-refractivity contribution in [3.05, 3.63) is 59.7 Å². The number of hydrogen-bond acceptors (Lipinski definition) is 0. The zero-order valence-corrected chi connectivity index (χ0v) is 11.1. The summed E-state index contributed by atoms with van der Waals surface area (Å²) < 4.78 is 0. The van der Waals surface area contributed by atoms with Gasteiger partial charge in [0.1, 0.15) is 0 Å². The lowest BCUT2D eigenvalue weighted by atomic mass is 9.97. The van der Waals surface area contributed by atoms with Crippen LogP contribution in [0, 0.1) is 6.07 Å². The van der Waals surface area contributed by atoms with Gasteiger partial charge in [0, 0.05) is 0 Å². The molecular formula is C18H19. The van der Waals surface area contributed by atoms with Gasteiger partial charge in [0.05, 0.1) is 0 Å². The molecule has 0 atom stereocenters. The Morgan fingerprint density at radius 3 is 2.33 bits per heavy atom. The van der Waals surface area contributed by atoms with Crippen LogP contribution in [0.2, 0.25) is 0 Å². The Morgan fingerprint density at radius 1 is 1.00 bits per heavy atom. The standard InChI is InChI=1S/C18H19/c1-13(2)14-6-8-15(9-7-14)17-4-3-5-18(12-17)16-10-11-16/h3-4,6-9,12-13,16H,10-11H2,1-2H3. The third kappa shape index (κ3) is 2.33. The van der Waals surface area contributed by atoms with Crippen molar-refractivity contribution >= 4 is 0 Å². The second-order valence-corrected chi connectivity index (χ2v) is 5.58. The maximum atomic E-state index is 3.37. The van der Waals surface area contributed by atoms with Crippen LogP contribution >= 0.6 is 0 Å². The Hall–Kier alpha value is -1.56. The molecule has 0 N–H and O–H groups in total. The van der Waals surface area contributed by atoms with E-state index in [-0.39, 0.29) is 0 Å². The highest BCUT2D eigenvalue weighted by Gasteiger charge is 2.23. The molecule has 0 unspecified atom stereocenters. The Labute approximate surface area is 110 Å². The van der Waals surface area contributed by atoms with Crippen LogP contribution in [-0.4, -0.2) is 0 Å². The smallest absolute Gasteiger partial charge is 0.0146 e. The molecule has 0 aliphatic heterocycles. The van der Waals surface area contributed by atoms with Crippen molar-refractivity contribution in [3.8, 4) is 11.1 Å². The number of hydrogen-bond donors (Lipinski definition) is 0. The van der Waals surface area contributed by atoms with Crippen LogP contribution in [0.15, 0.2) is 42.5 Å². The fraction of sp³-hybridized carbons (Fsp3) is 0.333. The van der Waals surface area contributed by atoms with Gasteiger partial charge in [-0.15, -0.1) is 0 Å². The van der Waals surface area contributed by atoms with Gasteiger partial charge in [-0.3, -0.25) is 0 Å². The van der Waals surface area contributed by atoms with Gasteiger partial charge < -0.3 is 0 Å². The maximum absolute atomic E-state index is 3.37. The first kappa shape index (κ1) is 11.5. The SMILES string of the molecule is CC(C)c1ccc(-c2cc[c]c(C3CC3)c2)cc1. The molecule has 18 heavy (non-hydrogen) atoms. The molecule has 2 aromatic rings.